The Hall–Kier alpha value is -2.13. The van der Waals surface area contributed by atoms with Crippen LogP contribution in [0.4, 0.5) is 11.6 Å². The van der Waals surface area contributed by atoms with Crippen LogP contribution in [0.2, 0.25) is 0 Å². The van der Waals surface area contributed by atoms with Gasteiger partial charge in [0.05, 0.1) is 10.1 Å². The Bertz CT molecular complexity index is 984. The molecule has 31 heavy (non-hydrogen) atoms. The van der Waals surface area contributed by atoms with E-state index in [2.05, 4.69) is 20.0 Å². The second kappa shape index (κ2) is 10.5. The van der Waals surface area contributed by atoms with Crippen molar-refractivity contribution in [1.82, 2.24) is 9.97 Å². The van der Waals surface area contributed by atoms with Crippen LogP contribution in [0.25, 0.3) is 0 Å². The van der Waals surface area contributed by atoms with Gasteiger partial charge >= 0.3 is 0 Å². The van der Waals surface area contributed by atoms with Crippen molar-refractivity contribution in [1.29, 1.82) is 0 Å². The van der Waals surface area contributed by atoms with Gasteiger partial charge in [-0.05, 0) is 63.4 Å². The molecule has 0 bridgehead atoms. The first-order valence-electron chi connectivity index (χ1n) is 10.7. The summed E-state index contributed by atoms with van der Waals surface area (Å²) in [5, 5.41) is 3.38. The molecule has 3 rings (SSSR count). The molecule has 1 saturated carbocycles. The molecular weight excluding hydrogens is 432 g/mol. The van der Waals surface area contributed by atoms with E-state index in [9.17, 15) is 13.2 Å². The number of carbonyl (C=O) groups is 1. The molecular formula is C22H30N4O3S2. The summed E-state index contributed by atoms with van der Waals surface area (Å²) in [5.74, 6) is 0.0100. The van der Waals surface area contributed by atoms with Gasteiger partial charge in [0.1, 0.15) is 0 Å². The number of nitrogens with one attached hydrogen (secondary N) is 2. The molecule has 2 aromatic rings. The lowest BCUT2D eigenvalue weighted by molar-refractivity contribution is -0.115. The standard InChI is InChI=1S/C22H30N4O3S2/c1-4-20(30-18-8-6-5-7-9-18)21(27)25-17-10-12-19(13-11-17)31(28,29)26-22-23-15(2)14-16(3)24-22/h10-14,18,20H,4-9H2,1-3H3,(H,25,27)(H,23,24,26). The lowest BCUT2D eigenvalue weighted by atomic mass is 10.0. The number of anilines is 2. The summed E-state index contributed by atoms with van der Waals surface area (Å²) in [4.78, 5) is 21.0. The number of aryl methyl sites for hydroxylation is 2. The van der Waals surface area contributed by atoms with Gasteiger partial charge in [0.25, 0.3) is 10.0 Å². The highest BCUT2D eigenvalue weighted by Crippen LogP contribution is 2.32. The van der Waals surface area contributed by atoms with Crippen LogP contribution >= 0.6 is 11.8 Å². The maximum atomic E-state index is 12.7. The Morgan fingerprint density at radius 2 is 1.71 bits per heavy atom. The van der Waals surface area contributed by atoms with E-state index >= 15 is 0 Å². The van der Waals surface area contributed by atoms with Crippen LogP contribution in [0, 0.1) is 13.8 Å². The maximum Gasteiger partial charge on any atom is 0.264 e. The van der Waals surface area contributed by atoms with Gasteiger partial charge in [0.15, 0.2) is 0 Å². The molecule has 0 radical (unpaired) electrons. The molecule has 0 spiro atoms. The summed E-state index contributed by atoms with van der Waals surface area (Å²) in [6.07, 6.45) is 6.90. The predicted octanol–water partition coefficient (Wildman–Crippen LogP) is 4.68. The summed E-state index contributed by atoms with van der Waals surface area (Å²) in [5.41, 5.74) is 1.94. The van der Waals surface area contributed by atoms with E-state index in [0.29, 0.717) is 22.3 Å². The van der Waals surface area contributed by atoms with Crippen molar-refractivity contribution in [2.24, 2.45) is 0 Å². The van der Waals surface area contributed by atoms with Gasteiger partial charge in [0, 0.05) is 22.3 Å². The summed E-state index contributed by atoms with van der Waals surface area (Å²) in [7, 11) is -3.82. The van der Waals surface area contributed by atoms with E-state index in [1.807, 2.05) is 6.92 Å². The minimum absolute atomic E-state index is 0.0320. The van der Waals surface area contributed by atoms with Crippen molar-refractivity contribution in [2.45, 2.75) is 74.7 Å². The number of thioether (sulfide) groups is 1. The van der Waals surface area contributed by atoms with E-state index < -0.39 is 10.0 Å². The van der Waals surface area contributed by atoms with E-state index in [1.54, 1.807) is 43.8 Å². The minimum atomic E-state index is -3.82. The van der Waals surface area contributed by atoms with Gasteiger partial charge in [-0.3, -0.25) is 4.79 Å². The molecule has 168 valence electrons. The second-order valence-electron chi connectivity index (χ2n) is 7.89. The molecule has 1 atom stereocenters. The zero-order valence-corrected chi connectivity index (χ0v) is 19.9. The third-order valence-corrected chi connectivity index (χ3v) is 8.29. The molecule has 2 N–H and O–H groups in total. The van der Waals surface area contributed by atoms with Crippen LogP contribution in [0.1, 0.15) is 56.8 Å². The second-order valence-corrected chi connectivity index (χ2v) is 11.1. The molecule has 9 heteroatoms. The fourth-order valence-electron chi connectivity index (χ4n) is 3.67. The van der Waals surface area contributed by atoms with Crippen LogP contribution in [0.15, 0.2) is 35.2 Å². The molecule has 1 fully saturated rings. The van der Waals surface area contributed by atoms with Crippen LogP contribution in [0.3, 0.4) is 0 Å². The van der Waals surface area contributed by atoms with Crippen molar-refractivity contribution in [3.8, 4) is 0 Å². The molecule has 1 aliphatic carbocycles. The Labute approximate surface area is 188 Å². The highest BCUT2D eigenvalue weighted by molar-refractivity contribution is 8.01. The van der Waals surface area contributed by atoms with Gasteiger partial charge in [-0.15, -0.1) is 11.8 Å². The summed E-state index contributed by atoms with van der Waals surface area (Å²) in [6.45, 7) is 5.58. The summed E-state index contributed by atoms with van der Waals surface area (Å²) < 4.78 is 27.7. The van der Waals surface area contributed by atoms with Crippen LogP contribution < -0.4 is 10.0 Å². The molecule has 7 nitrogen and oxygen atoms in total. The lowest BCUT2D eigenvalue weighted by Gasteiger charge is -2.25. The van der Waals surface area contributed by atoms with Gasteiger partial charge in [0.2, 0.25) is 11.9 Å². The molecule has 1 aliphatic rings. The van der Waals surface area contributed by atoms with Crippen LogP contribution in [0.5, 0.6) is 0 Å². The van der Waals surface area contributed by atoms with Crippen molar-refractivity contribution in [3.63, 3.8) is 0 Å². The number of benzene rings is 1. The largest absolute Gasteiger partial charge is 0.325 e. The normalized spacial score (nSPS) is 16.0. The first kappa shape index (κ1) is 23.5. The number of aromatic nitrogens is 2. The van der Waals surface area contributed by atoms with Crippen LogP contribution in [-0.2, 0) is 14.8 Å². The first-order valence-corrected chi connectivity index (χ1v) is 13.1. The molecule has 0 aliphatic heterocycles. The molecule has 1 amide bonds. The SMILES string of the molecule is CCC(SC1CCCCC1)C(=O)Nc1ccc(S(=O)(=O)Nc2nc(C)cc(C)n2)cc1. The average Bonchev–Trinajstić information content (AvgIpc) is 2.72. The third kappa shape index (κ3) is 6.67. The number of hydrogen-bond acceptors (Lipinski definition) is 6. The highest BCUT2D eigenvalue weighted by Gasteiger charge is 2.24. The van der Waals surface area contributed by atoms with E-state index in [4.69, 9.17) is 0 Å². The number of amides is 1. The maximum absolute atomic E-state index is 12.7. The number of hydrogen-bond donors (Lipinski definition) is 2. The van der Waals surface area contributed by atoms with Crippen molar-refractivity contribution in [3.05, 3.63) is 41.7 Å². The lowest BCUT2D eigenvalue weighted by Crippen LogP contribution is -2.27. The Balaban J connectivity index is 1.63. The van der Waals surface area contributed by atoms with Crippen molar-refractivity contribution < 1.29 is 13.2 Å². The Morgan fingerprint density at radius 3 is 2.29 bits per heavy atom. The third-order valence-electron chi connectivity index (χ3n) is 5.21. The topological polar surface area (TPSA) is 101 Å². The molecule has 1 unspecified atom stereocenters. The number of rotatable bonds is 8. The van der Waals surface area contributed by atoms with Crippen LogP contribution in [-0.4, -0.2) is 34.8 Å². The Kier molecular flexibility index (Phi) is 7.94. The fraction of sp³-hybridized carbons (Fsp3) is 0.500. The zero-order chi connectivity index (χ0) is 22.4. The van der Waals surface area contributed by atoms with E-state index in [-0.39, 0.29) is 22.0 Å². The van der Waals surface area contributed by atoms with Gasteiger partial charge in [-0.25, -0.2) is 23.1 Å². The summed E-state index contributed by atoms with van der Waals surface area (Å²) in [6, 6.07) is 7.91. The molecule has 1 aromatic heterocycles. The van der Waals surface area contributed by atoms with Crippen molar-refractivity contribution >= 4 is 39.3 Å². The number of nitrogens with zero attached hydrogens (tertiary/aromatic N) is 2. The molecule has 1 heterocycles. The Morgan fingerprint density at radius 1 is 1.10 bits per heavy atom. The zero-order valence-electron chi connectivity index (χ0n) is 18.2. The summed E-state index contributed by atoms with van der Waals surface area (Å²) >= 11 is 1.77. The first-order chi connectivity index (χ1) is 14.8. The monoisotopic (exact) mass is 462 g/mol. The molecule has 1 aromatic carbocycles. The minimum Gasteiger partial charge on any atom is -0.325 e. The molecule has 0 saturated heterocycles. The van der Waals surface area contributed by atoms with Gasteiger partial charge in [-0.1, -0.05) is 26.2 Å². The predicted molar refractivity (Wildman–Crippen MR) is 126 cm³/mol. The van der Waals surface area contributed by atoms with Gasteiger partial charge in [-0.2, -0.15) is 0 Å². The quantitative estimate of drug-likeness (QED) is 0.591. The average molecular weight is 463 g/mol. The van der Waals surface area contributed by atoms with Gasteiger partial charge < -0.3 is 5.32 Å². The van der Waals surface area contributed by atoms with Crippen molar-refractivity contribution in [2.75, 3.05) is 10.0 Å². The number of carbonyl (C=O) groups excluding carboxylic acids is 1. The van der Waals surface area contributed by atoms with E-state index in [1.165, 1.54) is 44.2 Å². The number of sulfonamides is 1. The smallest absolute Gasteiger partial charge is 0.264 e. The fourth-order valence-corrected chi connectivity index (χ4v) is 6.06. The highest BCUT2D eigenvalue weighted by atomic mass is 32.2. The van der Waals surface area contributed by atoms with E-state index in [0.717, 1.165) is 6.42 Å².